The number of fused-ring (bicyclic) bond motifs is 3. The molecular formula is C27H33N5O2S. The molecule has 0 radical (unpaired) electrons. The third-order valence-electron chi connectivity index (χ3n) is 6.71. The minimum absolute atomic E-state index is 0.0156. The van der Waals surface area contributed by atoms with Crippen LogP contribution < -0.4 is 10.2 Å². The summed E-state index contributed by atoms with van der Waals surface area (Å²) in [5.74, 6) is -0.0156. The van der Waals surface area contributed by atoms with Crippen molar-refractivity contribution in [3.05, 3.63) is 54.2 Å². The van der Waals surface area contributed by atoms with Gasteiger partial charge in [-0.25, -0.2) is 4.98 Å². The number of amides is 1. The molecule has 5 rings (SSSR count). The minimum Gasteiger partial charge on any atom is -0.378 e. The van der Waals surface area contributed by atoms with Crippen molar-refractivity contribution in [1.29, 1.82) is 0 Å². The Bertz CT molecular complexity index is 1300. The van der Waals surface area contributed by atoms with Crippen molar-refractivity contribution in [2.75, 3.05) is 57.4 Å². The van der Waals surface area contributed by atoms with Gasteiger partial charge in [-0.1, -0.05) is 37.3 Å². The standard InChI is InChI=1S/C27H33N5O2S/c1-3-30(4-2)12-6-11-28-26(33)21-9-10-24-25(18-21)35-27-29-23(19-32(24)27)20-7-5-8-22(17-20)31-13-15-34-16-14-31/h5,7-10,17-19H,3-4,6,11-16H2,1-2H3,(H,28,33). The lowest BCUT2D eigenvalue weighted by Gasteiger charge is -2.29. The number of aromatic nitrogens is 2. The quantitative estimate of drug-likeness (QED) is 0.349. The number of rotatable bonds is 9. The molecule has 1 amide bonds. The van der Waals surface area contributed by atoms with E-state index in [0.717, 1.165) is 78.8 Å². The number of hydrogen-bond donors (Lipinski definition) is 1. The molecule has 184 valence electrons. The molecule has 1 N–H and O–H groups in total. The van der Waals surface area contributed by atoms with Gasteiger partial charge in [0, 0.05) is 42.6 Å². The van der Waals surface area contributed by atoms with Crippen molar-refractivity contribution in [2.45, 2.75) is 20.3 Å². The van der Waals surface area contributed by atoms with Crippen LogP contribution in [0.2, 0.25) is 0 Å². The molecule has 3 heterocycles. The number of hydrogen-bond acceptors (Lipinski definition) is 6. The summed E-state index contributed by atoms with van der Waals surface area (Å²) >= 11 is 1.62. The Kier molecular flexibility index (Phi) is 7.32. The summed E-state index contributed by atoms with van der Waals surface area (Å²) in [5.41, 5.74) is 5.05. The van der Waals surface area contributed by atoms with Gasteiger partial charge in [-0.2, -0.15) is 0 Å². The van der Waals surface area contributed by atoms with Crippen molar-refractivity contribution >= 4 is 38.1 Å². The van der Waals surface area contributed by atoms with E-state index in [-0.39, 0.29) is 5.91 Å². The fraction of sp³-hybridized carbons (Fsp3) is 0.407. The van der Waals surface area contributed by atoms with Crippen LogP contribution in [0.5, 0.6) is 0 Å². The average molecular weight is 492 g/mol. The first-order chi connectivity index (χ1) is 17.2. The summed E-state index contributed by atoms with van der Waals surface area (Å²) in [5, 5.41) is 3.06. The topological polar surface area (TPSA) is 62.1 Å². The molecule has 8 heteroatoms. The number of anilines is 1. The Balaban J connectivity index is 1.30. The normalized spacial score (nSPS) is 14.3. The highest BCUT2D eigenvalue weighted by molar-refractivity contribution is 7.23. The first-order valence-corrected chi connectivity index (χ1v) is 13.3. The zero-order valence-corrected chi connectivity index (χ0v) is 21.3. The van der Waals surface area contributed by atoms with Gasteiger partial charge in [0.1, 0.15) is 0 Å². The first-order valence-electron chi connectivity index (χ1n) is 12.5. The largest absolute Gasteiger partial charge is 0.378 e. The third-order valence-corrected chi connectivity index (χ3v) is 7.72. The van der Waals surface area contributed by atoms with Crippen molar-refractivity contribution in [3.8, 4) is 11.3 Å². The molecule has 1 aliphatic rings. The molecule has 0 spiro atoms. The summed E-state index contributed by atoms with van der Waals surface area (Å²) in [4.78, 5) is 23.2. The zero-order chi connectivity index (χ0) is 24.2. The second-order valence-corrected chi connectivity index (χ2v) is 9.86. The maximum absolute atomic E-state index is 12.7. The first kappa shape index (κ1) is 23.8. The van der Waals surface area contributed by atoms with E-state index in [2.05, 4.69) is 63.8 Å². The molecule has 0 bridgehead atoms. The van der Waals surface area contributed by atoms with Gasteiger partial charge in [-0.3, -0.25) is 9.20 Å². The number of ether oxygens (including phenoxy) is 1. The third kappa shape index (κ3) is 5.19. The molecule has 7 nitrogen and oxygen atoms in total. The van der Waals surface area contributed by atoms with Gasteiger partial charge in [0.15, 0.2) is 4.96 Å². The Labute approximate surface area is 210 Å². The van der Waals surface area contributed by atoms with E-state index in [1.807, 2.05) is 18.2 Å². The molecular weight excluding hydrogens is 458 g/mol. The van der Waals surface area contributed by atoms with Crippen LogP contribution in [0.3, 0.4) is 0 Å². The van der Waals surface area contributed by atoms with Crippen LogP contribution in [-0.2, 0) is 4.74 Å². The van der Waals surface area contributed by atoms with Crippen LogP contribution in [0, 0.1) is 0 Å². The number of imidazole rings is 1. The number of nitrogens with one attached hydrogen (secondary N) is 1. The summed E-state index contributed by atoms with van der Waals surface area (Å²) in [6.45, 7) is 11.5. The van der Waals surface area contributed by atoms with E-state index in [1.54, 1.807) is 11.3 Å². The lowest BCUT2D eigenvalue weighted by molar-refractivity contribution is 0.0952. The molecule has 1 aliphatic heterocycles. The van der Waals surface area contributed by atoms with Gasteiger partial charge >= 0.3 is 0 Å². The number of carbonyl (C=O) groups excluding carboxylic acids is 1. The zero-order valence-electron chi connectivity index (χ0n) is 20.5. The van der Waals surface area contributed by atoms with E-state index < -0.39 is 0 Å². The molecule has 35 heavy (non-hydrogen) atoms. The van der Waals surface area contributed by atoms with Crippen molar-refractivity contribution in [1.82, 2.24) is 19.6 Å². The molecule has 4 aromatic rings. The number of morpholine rings is 1. The maximum Gasteiger partial charge on any atom is 0.251 e. The summed E-state index contributed by atoms with van der Waals surface area (Å²) < 4.78 is 8.68. The van der Waals surface area contributed by atoms with Crippen molar-refractivity contribution < 1.29 is 9.53 Å². The molecule has 1 fully saturated rings. The molecule has 0 atom stereocenters. The number of carbonyl (C=O) groups is 1. The lowest BCUT2D eigenvalue weighted by atomic mass is 10.1. The van der Waals surface area contributed by atoms with Gasteiger partial charge in [0.2, 0.25) is 0 Å². The van der Waals surface area contributed by atoms with Crippen molar-refractivity contribution in [2.24, 2.45) is 0 Å². The highest BCUT2D eigenvalue weighted by Gasteiger charge is 2.15. The summed E-state index contributed by atoms with van der Waals surface area (Å²) in [6.07, 6.45) is 3.05. The van der Waals surface area contributed by atoms with Gasteiger partial charge in [0.05, 0.1) is 29.1 Å². The highest BCUT2D eigenvalue weighted by Crippen LogP contribution is 2.31. The number of nitrogens with zero attached hydrogens (tertiary/aromatic N) is 4. The molecule has 1 saturated heterocycles. The lowest BCUT2D eigenvalue weighted by Crippen LogP contribution is -2.36. The van der Waals surface area contributed by atoms with Crippen LogP contribution in [-0.4, -0.2) is 72.7 Å². The minimum atomic E-state index is -0.0156. The van der Waals surface area contributed by atoms with Crippen LogP contribution >= 0.6 is 11.3 Å². The average Bonchev–Trinajstić information content (AvgIpc) is 3.47. The predicted molar refractivity (Wildman–Crippen MR) is 144 cm³/mol. The van der Waals surface area contributed by atoms with Crippen molar-refractivity contribution in [3.63, 3.8) is 0 Å². The fourth-order valence-corrected chi connectivity index (χ4v) is 5.66. The van der Waals surface area contributed by atoms with Crippen LogP contribution in [0.25, 0.3) is 26.4 Å². The fourth-order valence-electron chi connectivity index (χ4n) is 4.61. The maximum atomic E-state index is 12.7. The van der Waals surface area contributed by atoms with Gasteiger partial charge < -0.3 is 19.9 Å². The highest BCUT2D eigenvalue weighted by atomic mass is 32.1. The Morgan fingerprint density at radius 2 is 1.97 bits per heavy atom. The predicted octanol–water partition coefficient (Wildman–Crippen LogP) is 4.51. The van der Waals surface area contributed by atoms with Crippen LogP contribution in [0.4, 0.5) is 5.69 Å². The monoisotopic (exact) mass is 491 g/mol. The molecule has 0 saturated carbocycles. The Morgan fingerprint density at radius 3 is 2.77 bits per heavy atom. The van der Waals surface area contributed by atoms with E-state index >= 15 is 0 Å². The number of benzene rings is 2. The van der Waals surface area contributed by atoms with Crippen LogP contribution in [0.1, 0.15) is 30.6 Å². The van der Waals surface area contributed by atoms with E-state index in [9.17, 15) is 4.79 Å². The molecule has 0 unspecified atom stereocenters. The van der Waals surface area contributed by atoms with Crippen LogP contribution in [0.15, 0.2) is 48.7 Å². The van der Waals surface area contributed by atoms with E-state index in [1.165, 1.54) is 5.69 Å². The number of thiazole rings is 1. The Hall–Kier alpha value is -2.94. The second kappa shape index (κ2) is 10.8. The van der Waals surface area contributed by atoms with E-state index in [0.29, 0.717) is 12.1 Å². The van der Waals surface area contributed by atoms with Gasteiger partial charge in [-0.15, -0.1) is 0 Å². The SMILES string of the molecule is CCN(CC)CCCNC(=O)c1ccc2c(c1)sc1nc(-c3cccc(N4CCOCC4)c3)cn12. The molecule has 2 aromatic carbocycles. The smallest absolute Gasteiger partial charge is 0.251 e. The molecule has 0 aliphatic carbocycles. The van der Waals surface area contributed by atoms with Gasteiger partial charge in [0.25, 0.3) is 5.91 Å². The second-order valence-electron chi connectivity index (χ2n) is 8.85. The van der Waals surface area contributed by atoms with Gasteiger partial charge in [-0.05, 0) is 56.4 Å². The summed E-state index contributed by atoms with van der Waals surface area (Å²) in [7, 11) is 0. The summed E-state index contributed by atoms with van der Waals surface area (Å²) in [6, 6.07) is 14.5. The molecule has 2 aromatic heterocycles. The van der Waals surface area contributed by atoms with E-state index in [4.69, 9.17) is 9.72 Å². The Morgan fingerprint density at radius 1 is 1.14 bits per heavy atom.